The second-order valence-corrected chi connectivity index (χ2v) is 3.04. The van der Waals surface area contributed by atoms with Crippen molar-refractivity contribution in [3.63, 3.8) is 0 Å². The van der Waals surface area contributed by atoms with E-state index in [9.17, 15) is 9.90 Å². The summed E-state index contributed by atoms with van der Waals surface area (Å²) in [6.45, 7) is 1.64. The van der Waals surface area contributed by atoms with Crippen molar-refractivity contribution in [1.82, 2.24) is 5.32 Å². The zero-order chi connectivity index (χ0) is 11.4. The first-order valence-electron chi connectivity index (χ1n) is 4.34. The Bertz CT molecular complexity index is 420. The maximum Gasteiger partial charge on any atom is 0.256 e. The first-order valence-corrected chi connectivity index (χ1v) is 4.34. The van der Waals surface area contributed by atoms with E-state index in [1.807, 2.05) is 0 Å². The zero-order valence-electron chi connectivity index (χ0n) is 8.19. The highest BCUT2D eigenvalue weighted by Gasteiger charge is 2.14. The quantitative estimate of drug-likeness (QED) is 0.495. The van der Waals surface area contributed by atoms with Crippen LogP contribution in [0.15, 0.2) is 18.2 Å². The van der Waals surface area contributed by atoms with Gasteiger partial charge in [-0.25, -0.2) is 0 Å². The second-order valence-electron chi connectivity index (χ2n) is 3.04. The lowest BCUT2D eigenvalue weighted by Gasteiger charge is -2.09. The van der Waals surface area contributed by atoms with Crippen LogP contribution in [0.2, 0.25) is 0 Å². The molecule has 0 saturated heterocycles. The molecule has 0 aliphatic heterocycles. The number of amides is 1. The molecule has 3 N–H and O–H groups in total. The highest BCUT2D eigenvalue weighted by Crippen LogP contribution is 2.27. The first-order chi connectivity index (χ1) is 7.06. The van der Waals surface area contributed by atoms with Gasteiger partial charge in [-0.15, -0.1) is 6.42 Å². The Hall–Kier alpha value is -2.15. The molecule has 0 spiro atoms. The molecule has 4 heteroatoms. The van der Waals surface area contributed by atoms with Gasteiger partial charge in [-0.3, -0.25) is 4.79 Å². The molecule has 0 aliphatic carbocycles. The third-order valence-electron chi connectivity index (χ3n) is 1.86. The number of hydrogen-bond donors (Lipinski definition) is 3. The van der Waals surface area contributed by atoms with E-state index in [0.29, 0.717) is 0 Å². The van der Waals surface area contributed by atoms with Gasteiger partial charge in [0.05, 0.1) is 11.6 Å². The molecule has 4 nitrogen and oxygen atoms in total. The highest BCUT2D eigenvalue weighted by molar-refractivity contribution is 5.97. The van der Waals surface area contributed by atoms with Gasteiger partial charge in [0.2, 0.25) is 0 Å². The lowest BCUT2D eigenvalue weighted by Crippen LogP contribution is -2.31. The van der Waals surface area contributed by atoms with Crippen LogP contribution in [0.25, 0.3) is 0 Å². The monoisotopic (exact) mass is 205 g/mol. The Morgan fingerprint density at radius 2 is 2.20 bits per heavy atom. The van der Waals surface area contributed by atoms with Crippen LogP contribution in [-0.4, -0.2) is 22.2 Å². The predicted octanol–water partition coefficient (Wildman–Crippen LogP) is 0.849. The third kappa shape index (κ3) is 2.41. The van der Waals surface area contributed by atoms with Crippen LogP contribution < -0.4 is 5.32 Å². The van der Waals surface area contributed by atoms with Gasteiger partial charge < -0.3 is 15.5 Å². The van der Waals surface area contributed by atoms with E-state index < -0.39 is 17.7 Å². The van der Waals surface area contributed by atoms with Crippen molar-refractivity contribution in [2.24, 2.45) is 0 Å². The van der Waals surface area contributed by atoms with Gasteiger partial charge in [0.15, 0.2) is 11.5 Å². The molecule has 1 amide bonds. The summed E-state index contributed by atoms with van der Waals surface area (Å²) in [5, 5.41) is 21.0. The SMILES string of the molecule is C#CC(C)NC(=O)c1cccc(O)c1O. The Morgan fingerprint density at radius 3 is 2.80 bits per heavy atom. The van der Waals surface area contributed by atoms with Crippen LogP contribution in [0.4, 0.5) is 0 Å². The van der Waals surface area contributed by atoms with Gasteiger partial charge in [0, 0.05) is 0 Å². The summed E-state index contributed by atoms with van der Waals surface area (Å²) in [5.41, 5.74) is -0.00269. The molecule has 0 saturated carbocycles. The number of carbonyl (C=O) groups excluding carboxylic acids is 1. The van der Waals surface area contributed by atoms with E-state index in [1.54, 1.807) is 6.92 Å². The molecule has 0 aliphatic rings. The van der Waals surface area contributed by atoms with E-state index >= 15 is 0 Å². The average molecular weight is 205 g/mol. The minimum absolute atomic E-state index is 0.00269. The summed E-state index contributed by atoms with van der Waals surface area (Å²) in [6.07, 6.45) is 5.09. The normalized spacial score (nSPS) is 11.5. The van der Waals surface area contributed by atoms with E-state index in [4.69, 9.17) is 11.5 Å². The molecule has 1 aromatic rings. The van der Waals surface area contributed by atoms with Crippen LogP contribution in [0.3, 0.4) is 0 Å². The van der Waals surface area contributed by atoms with Crippen molar-refractivity contribution in [3.05, 3.63) is 23.8 Å². The summed E-state index contributed by atoms with van der Waals surface area (Å²) in [5.74, 6) is 1.02. The Balaban J connectivity index is 2.93. The zero-order valence-corrected chi connectivity index (χ0v) is 8.19. The van der Waals surface area contributed by atoms with Gasteiger partial charge in [-0.05, 0) is 19.1 Å². The molecule has 1 atom stereocenters. The molecule has 0 heterocycles. The van der Waals surface area contributed by atoms with Crippen LogP contribution in [0.1, 0.15) is 17.3 Å². The molecule has 1 aromatic carbocycles. The number of hydrogen-bond acceptors (Lipinski definition) is 3. The fourth-order valence-corrected chi connectivity index (χ4v) is 1.03. The lowest BCUT2D eigenvalue weighted by molar-refractivity contribution is 0.0945. The molecular weight excluding hydrogens is 194 g/mol. The number of para-hydroxylation sites is 1. The largest absolute Gasteiger partial charge is 0.504 e. The van der Waals surface area contributed by atoms with Crippen LogP contribution in [0, 0.1) is 12.3 Å². The van der Waals surface area contributed by atoms with E-state index in [2.05, 4.69) is 11.2 Å². The number of phenols is 2. The number of benzene rings is 1. The Labute approximate surface area is 87.6 Å². The number of aromatic hydroxyl groups is 2. The minimum atomic E-state index is -0.520. The number of phenolic OH excluding ortho intramolecular Hbond substituents is 2. The molecule has 0 radical (unpaired) electrons. The van der Waals surface area contributed by atoms with Crippen LogP contribution in [-0.2, 0) is 0 Å². The molecule has 78 valence electrons. The summed E-state index contributed by atoms with van der Waals surface area (Å²) in [6, 6.07) is 3.72. The van der Waals surface area contributed by atoms with E-state index in [0.717, 1.165) is 0 Å². The average Bonchev–Trinajstić information content (AvgIpc) is 2.21. The summed E-state index contributed by atoms with van der Waals surface area (Å²) in [4.78, 5) is 11.5. The predicted molar refractivity (Wildman–Crippen MR) is 55.5 cm³/mol. The van der Waals surface area contributed by atoms with Crippen molar-refractivity contribution in [2.75, 3.05) is 0 Å². The molecule has 15 heavy (non-hydrogen) atoms. The topological polar surface area (TPSA) is 69.6 Å². The van der Waals surface area contributed by atoms with Crippen LogP contribution in [0.5, 0.6) is 11.5 Å². The van der Waals surface area contributed by atoms with E-state index in [1.165, 1.54) is 18.2 Å². The number of carbonyl (C=O) groups is 1. The fraction of sp³-hybridized carbons (Fsp3) is 0.182. The number of terminal acetylenes is 1. The molecule has 1 unspecified atom stereocenters. The van der Waals surface area contributed by atoms with Crippen molar-refractivity contribution < 1.29 is 15.0 Å². The number of nitrogens with one attached hydrogen (secondary N) is 1. The first kappa shape index (κ1) is 10.9. The maximum atomic E-state index is 11.5. The van der Waals surface area contributed by atoms with Crippen LogP contribution >= 0.6 is 0 Å². The molecule has 0 aromatic heterocycles. The van der Waals surface area contributed by atoms with Crippen molar-refractivity contribution >= 4 is 5.91 Å². The highest BCUT2D eigenvalue weighted by atomic mass is 16.3. The van der Waals surface area contributed by atoms with Gasteiger partial charge in [-0.1, -0.05) is 12.0 Å². The molecule has 0 bridgehead atoms. The standard InChI is InChI=1S/C11H11NO3/c1-3-7(2)12-11(15)8-5-4-6-9(13)10(8)14/h1,4-7,13-14H,2H3,(H,12,15). The van der Waals surface area contributed by atoms with Gasteiger partial charge in [0.25, 0.3) is 5.91 Å². The molecule has 0 fully saturated rings. The van der Waals surface area contributed by atoms with E-state index in [-0.39, 0.29) is 11.3 Å². The number of rotatable bonds is 2. The smallest absolute Gasteiger partial charge is 0.256 e. The summed E-state index contributed by atoms with van der Waals surface area (Å²) in [7, 11) is 0. The van der Waals surface area contributed by atoms with Gasteiger partial charge in [-0.2, -0.15) is 0 Å². The lowest BCUT2D eigenvalue weighted by atomic mass is 10.1. The van der Waals surface area contributed by atoms with Crippen molar-refractivity contribution in [3.8, 4) is 23.8 Å². The third-order valence-corrected chi connectivity index (χ3v) is 1.86. The summed E-state index contributed by atoms with van der Waals surface area (Å²) < 4.78 is 0. The molecular formula is C11H11NO3. The minimum Gasteiger partial charge on any atom is -0.504 e. The Kier molecular flexibility index (Phi) is 3.19. The van der Waals surface area contributed by atoms with Crippen molar-refractivity contribution in [1.29, 1.82) is 0 Å². The second kappa shape index (κ2) is 4.38. The Morgan fingerprint density at radius 1 is 1.53 bits per heavy atom. The van der Waals surface area contributed by atoms with Crippen molar-refractivity contribution in [2.45, 2.75) is 13.0 Å². The molecule has 1 rings (SSSR count). The summed E-state index contributed by atoms with van der Waals surface area (Å²) >= 11 is 0. The fourth-order valence-electron chi connectivity index (χ4n) is 1.03. The van der Waals surface area contributed by atoms with Gasteiger partial charge in [0.1, 0.15) is 0 Å². The maximum absolute atomic E-state index is 11.5. The van der Waals surface area contributed by atoms with Gasteiger partial charge >= 0.3 is 0 Å².